The van der Waals surface area contributed by atoms with Gasteiger partial charge in [-0.15, -0.1) is 5.10 Å². The number of aromatic nitrogens is 3. The molecule has 0 aromatic carbocycles. The molecule has 0 bridgehead atoms. The van der Waals surface area contributed by atoms with Crippen molar-refractivity contribution in [2.45, 2.75) is 58.4 Å². The van der Waals surface area contributed by atoms with Crippen molar-refractivity contribution in [3.8, 4) is 0 Å². The topological polar surface area (TPSA) is 62.1 Å². The van der Waals surface area contributed by atoms with Gasteiger partial charge in [0.1, 0.15) is 0 Å². The van der Waals surface area contributed by atoms with Crippen molar-refractivity contribution in [1.82, 2.24) is 15.2 Å². The second-order valence-corrected chi connectivity index (χ2v) is 5.09. The lowest BCUT2D eigenvalue weighted by atomic mass is 10.1. The van der Waals surface area contributed by atoms with E-state index in [2.05, 4.69) is 33.9 Å². The number of aliphatic hydroxyl groups is 1. The van der Waals surface area contributed by atoms with Gasteiger partial charge in [0.25, 0.3) is 0 Å². The van der Waals surface area contributed by atoms with Crippen LogP contribution in [-0.4, -0.2) is 39.5 Å². The summed E-state index contributed by atoms with van der Waals surface area (Å²) in [6.07, 6.45) is 6.28. The van der Waals surface area contributed by atoms with E-state index in [1.54, 1.807) is 0 Å². The van der Waals surface area contributed by atoms with Gasteiger partial charge in [0.15, 0.2) is 0 Å². The molecule has 0 radical (unpaired) electrons. The average molecular weight is 264 g/mol. The highest BCUT2D eigenvalue weighted by Gasteiger charge is 2.23. The molecule has 0 aliphatic carbocycles. The number of nitrogens with zero attached hydrogens (tertiary/aromatic N) is 4. The van der Waals surface area contributed by atoms with Gasteiger partial charge in [-0.3, -0.25) is 0 Å². The fourth-order valence-electron chi connectivity index (χ4n) is 2.68. The van der Waals surface area contributed by atoms with E-state index < -0.39 is 0 Å². The molecule has 1 fully saturated rings. The molecule has 0 spiro atoms. The summed E-state index contributed by atoms with van der Waals surface area (Å²) in [4.78, 5) is 6.80. The maximum Gasteiger partial charge on any atom is 0.245 e. The molecule has 106 valence electrons. The van der Waals surface area contributed by atoms with Crippen molar-refractivity contribution in [3.05, 3.63) is 11.4 Å². The summed E-state index contributed by atoms with van der Waals surface area (Å²) < 4.78 is 0. The van der Waals surface area contributed by atoms with Gasteiger partial charge in [0.05, 0.1) is 24.0 Å². The molecular weight excluding hydrogens is 240 g/mol. The maximum atomic E-state index is 9.56. The van der Waals surface area contributed by atoms with E-state index in [9.17, 15) is 5.11 Å². The number of anilines is 1. The summed E-state index contributed by atoms with van der Waals surface area (Å²) in [6, 6.07) is 0.140. The van der Waals surface area contributed by atoms with Crippen LogP contribution in [0.4, 0.5) is 5.95 Å². The summed E-state index contributed by atoms with van der Waals surface area (Å²) in [6.45, 7) is 5.26. The number of aryl methyl sites for hydroxylation is 2. The smallest absolute Gasteiger partial charge is 0.245 e. The molecule has 1 aromatic rings. The van der Waals surface area contributed by atoms with Crippen molar-refractivity contribution in [2.75, 3.05) is 18.1 Å². The zero-order chi connectivity index (χ0) is 13.7. The second-order valence-electron chi connectivity index (χ2n) is 5.09. The van der Waals surface area contributed by atoms with Crippen LogP contribution >= 0.6 is 0 Å². The molecule has 0 amide bonds. The van der Waals surface area contributed by atoms with Crippen molar-refractivity contribution >= 4 is 5.95 Å². The molecule has 2 heterocycles. The molecule has 1 atom stereocenters. The molecule has 2 rings (SSSR count). The van der Waals surface area contributed by atoms with Crippen molar-refractivity contribution < 1.29 is 5.11 Å². The molecule has 1 unspecified atom stereocenters. The van der Waals surface area contributed by atoms with Gasteiger partial charge in [-0.2, -0.15) is 5.10 Å². The molecule has 5 heteroatoms. The Labute approximate surface area is 115 Å². The van der Waals surface area contributed by atoms with Gasteiger partial charge in [-0.1, -0.05) is 26.7 Å². The monoisotopic (exact) mass is 264 g/mol. The Balaban J connectivity index is 2.27. The maximum absolute atomic E-state index is 9.56. The molecular formula is C14H24N4O. The number of hydrogen-bond acceptors (Lipinski definition) is 5. The van der Waals surface area contributed by atoms with Crippen LogP contribution in [0.3, 0.4) is 0 Å². The Bertz CT molecular complexity index is 410. The Morgan fingerprint density at radius 3 is 2.58 bits per heavy atom. The van der Waals surface area contributed by atoms with E-state index in [1.165, 1.54) is 12.8 Å². The first-order chi connectivity index (χ1) is 9.30. The minimum atomic E-state index is 0.140. The Hall–Kier alpha value is -1.23. The fraction of sp³-hybridized carbons (Fsp3) is 0.786. The predicted octanol–water partition coefficient (Wildman–Crippen LogP) is 1.74. The summed E-state index contributed by atoms with van der Waals surface area (Å²) >= 11 is 0. The standard InChI is InChI=1S/C14H24N4O/c1-3-12-13(4-2)16-17-14(15-12)18-9-7-5-6-8-11(18)10-19/h11,19H,3-10H2,1-2H3. The van der Waals surface area contributed by atoms with Crippen LogP contribution in [-0.2, 0) is 12.8 Å². The molecule has 1 N–H and O–H groups in total. The number of hydrogen-bond donors (Lipinski definition) is 1. The summed E-state index contributed by atoms with van der Waals surface area (Å²) in [5.74, 6) is 0.690. The van der Waals surface area contributed by atoms with Gasteiger partial charge in [-0.05, 0) is 25.7 Å². The van der Waals surface area contributed by atoms with E-state index in [4.69, 9.17) is 0 Å². The Morgan fingerprint density at radius 2 is 1.89 bits per heavy atom. The molecule has 1 aliphatic heterocycles. The van der Waals surface area contributed by atoms with Crippen molar-refractivity contribution in [1.29, 1.82) is 0 Å². The van der Waals surface area contributed by atoms with Crippen molar-refractivity contribution in [2.24, 2.45) is 0 Å². The summed E-state index contributed by atoms with van der Waals surface area (Å²) in [7, 11) is 0. The first-order valence-corrected chi connectivity index (χ1v) is 7.40. The van der Waals surface area contributed by atoms with E-state index >= 15 is 0 Å². The Kier molecular flexibility index (Phi) is 5.07. The quantitative estimate of drug-likeness (QED) is 0.897. The fourth-order valence-corrected chi connectivity index (χ4v) is 2.68. The zero-order valence-corrected chi connectivity index (χ0v) is 12.0. The molecule has 5 nitrogen and oxygen atoms in total. The van der Waals surface area contributed by atoms with Crippen LogP contribution in [0.1, 0.15) is 50.9 Å². The van der Waals surface area contributed by atoms with Crippen LogP contribution in [0, 0.1) is 0 Å². The molecule has 0 saturated carbocycles. The van der Waals surface area contributed by atoms with Crippen molar-refractivity contribution in [3.63, 3.8) is 0 Å². The van der Waals surface area contributed by atoms with Gasteiger partial charge in [0, 0.05) is 6.54 Å². The number of aliphatic hydroxyl groups excluding tert-OH is 1. The van der Waals surface area contributed by atoms with Crippen LogP contribution < -0.4 is 4.90 Å². The lowest BCUT2D eigenvalue weighted by molar-refractivity contribution is 0.254. The molecule has 1 aliphatic rings. The highest BCUT2D eigenvalue weighted by Crippen LogP contribution is 2.21. The number of rotatable bonds is 4. The van der Waals surface area contributed by atoms with Gasteiger partial charge in [-0.25, -0.2) is 4.98 Å². The SMILES string of the molecule is CCc1nnc(N2CCCCCC2CO)nc1CC. The van der Waals surface area contributed by atoms with Crippen LogP contribution in [0.5, 0.6) is 0 Å². The zero-order valence-electron chi connectivity index (χ0n) is 12.0. The van der Waals surface area contributed by atoms with E-state index in [1.807, 2.05) is 0 Å². The predicted molar refractivity (Wildman–Crippen MR) is 75.3 cm³/mol. The van der Waals surface area contributed by atoms with Gasteiger partial charge in [0.2, 0.25) is 5.95 Å². The normalized spacial score (nSPS) is 20.4. The minimum absolute atomic E-state index is 0.140. The molecule has 1 saturated heterocycles. The molecule has 19 heavy (non-hydrogen) atoms. The lowest BCUT2D eigenvalue weighted by Crippen LogP contribution is -2.39. The van der Waals surface area contributed by atoms with E-state index in [0.29, 0.717) is 5.95 Å². The van der Waals surface area contributed by atoms with Crippen LogP contribution in [0.25, 0.3) is 0 Å². The third-order valence-corrected chi connectivity index (χ3v) is 3.84. The van der Waals surface area contributed by atoms with E-state index in [-0.39, 0.29) is 12.6 Å². The largest absolute Gasteiger partial charge is 0.394 e. The Morgan fingerprint density at radius 1 is 1.11 bits per heavy atom. The summed E-state index contributed by atoms with van der Waals surface area (Å²) in [5.41, 5.74) is 2.02. The lowest BCUT2D eigenvalue weighted by Gasteiger charge is -2.28. The van der Waals surface area contributed by atoms with Gasteiger partial charge < -0.3 is 10.0 Å². The first-order valence-electron chi connectivity index (χ1n) is 7.40. The van der Waals surface area contributed by atoms with Gasteiger partial charge >= 0.3 is 0 Å². The minimum Gasteiger partial charge on any atom is -0.394 e. The highest BCUT2D eigenvalue weighted by molar-refractivity contribution is 5.32. The van der Waals surface area contributed by atoms with Crippen LogP contribution in [0.2, 0.25) is 0 Å². The average Bonchev–Trinajstić information content (AvgIpc) is 2.71. The first kappa shape index (κ1) is 14.2. The second kappa shape index (κ2) is 6.80. The third-order valence-electron chi connectivity index (χ3n) is 3.84. The van der Waals surface area contributed by atoms with Crippen LogP contribution in [0.15, 0.2) is 0 Å². The highest BCUT2D eigenvalue weighted by atomic mass is 16.3. The summed E-state index contributed by atoms with van der Waals surface area (Å²) in [5, 5.41) is 18.1. The molecule has 1 aromatic heterocycles. The third kappa shape index (κ3) is 3.21. The van der Waals surface area contributed by atoms with E-state index in [0.717, 1.165) is 43.6 Å².